The summed E-state index contributed by atoms with van der Waals surface area (Å²) >= 11 is 5.95. The van der Waals surface area contributed by atoms with Crippen LogP contribution in [0.2, 0.25) is 5.02 Å². The second-order valence-corrected chi connectivity index (χ2v) is 9.82. The topological polar surface area (TPSA) is 35.5 Å². The zero-order chi connectivity index (χ0) is 24.0. The minimum absolute atomic E-state index is 0.118. The minimum atomic E-state index is -0.118. The number of esters is 1. The number of carbonyl (C=O) groups excluding carboxylic acids is 1. The lowest BCUT2D eigenvalue weighted by atomic mass is 10.0. The summed E-state index contributed by atoms with van der Waals surface area (Å²) in [6.07, 6.45) is 22.7. The average molecular weight is 481 g/mol. The van der Waals surface area contributed by atoms with E-state index in [9.17, 15) is 4.79 Å². The Bertz CT molecular complexity index is 603. The number of aryl methyl sites for hydroxylation is 1. The Morgan fingerprint density at radius 1 is 0.727 bits per heavy atom. The van der Waals surface area contributed by atoms with Crippen LogP contribution in [0.1, 0.15) is 128 Å². The third kappa shape index (κ3) is 17.9. The zero-order valence-corrected chi connectivity index (χ0v) is 22.2. The van der Waals surface area contributed by atoms with E-state index in [0.717, 1.165) is 24.2 Å². The predicted octanol–water partition coefficient (Wildman–Crippen LogP) is 9.61. The zero-order valence-electron chi connectivity index (χ0n) is 21.5. The molecule has 0 aromatic heterocycles. The van der Waals surface area contributed by atoms with Gasteiger partial charge in [-0.05, 0) is 43.5 Å². The molecule has 0 atom stereocenters. The fourth-order valence-electron chi connectivity index (χ4n) is 4.08. The maximum Gasteiger partial charge on any atom is 0.305 e. The number of unbranched alkanes of at least 4 members (excludes halogenated alkanes) is 15. The minimum Gasteiger partial charge on any atom is -0.493 e. The Balaban J connectivity index is 1.79. The molecule has 0 heterocycles. The van der Waals surface area contributed by atoms with Crippen molar-refractivity contribution < 1.29 is 14.3 Å². The summed E-state index contributed by atoms with van der Waals surface area (Å²) in [5, 5.41) is 0.706. The number of ether oxygens (including phenoxy) is 2. The Labute approximate surface area is 209 Å². The monoisotopic (exact) mass is 480 g/mol. The molecule has 0 radical (unpaired) electrons. The summed E-state index contributed by atoms with van der Waals surface area (Å²) in [5.41, 5.74) is 1.01. The first-order chi connectivity index (χ1) is 16.1. The van der Waals surface area contributed by atoms with E-state index < -0.39 is 0 Å². The highest BCUT2D eigenvalue weighted by molar-refractivity contribution is 6.30. The number of halogens is 1. The molecule has 0 unspecified atom stereocenters. The standard InChI is InChI=1S/C29H49ClO3/c1-3-4-5-6-7-8-9-10-11-12-13-14-15-16-17-18-23-33-29(31)20-19-24-32-28-22-21-27(30)25-26(28)2/h21-22,25H,3-20,23-24H2,1-2H3. The van der Waals surface area contributed by atoms with Crippen LogP contribution >= 0.6 is 11.6 Å². The Morgan fingerprint density at radius 3 is 1.76 bits per heavy atom. The molecule has 0 saturated carbocycles. The number of rotatable bonds is 22. The summed E-state index contributed by atoms with van der Waals surface area (Å²) in [5.74, 6) is 0.702. The van der Waals surface area contributed by atoms with Gasteiger partial charge >= 0.3 is 5.97 Å². The van der Waals surface area contributed by atoms with Crippen LogP contribution in [-0.2, 0) is 9.53 Å². The second kappa shape index (κ2) is 21.3. The highest BCUT2D eigenvalue weighted by atomic mass is 35.5. The molecule has 1 aromatic rings. The molecule has 190 valence electrons. The number of carbonyl (C=O) groups is 1. The van der Waals surface area contributed by atoms with E-state index in [-0.39, 0.29) is 5.97 Å². The van der Waals surface area contributed by atoms with E-state index in [1.165, 1.54) is 89.9 Å². The van der Waals surface area contributed by atoms with Crippen LogP contribution in [0.3, 0.4) is 0 Å². The third-order valence-corrected chi connectivity index (χ3v) is 6.42. The maximum atomic E-state index is 11.8. The average Bonchev–Trinajstić information content (AvgIpc) is 2.80. The molecule has 0 bridgehead atoms. The molecule has 0 saturated heterocycles. The van der Waals surface area contributed by atoms with Gasteiger partial charge in [0.15, 0.2) is 0 Å². The Kier molecular flexibility index (Phi) is 19.3. The lowest BCUT2D eigenvalue weighted by Gasteiger charge is -2.09. The smallest absolute Gasteiger partial charge is 0.305 e. The van der Waals surface area contributed by atoms with E-state index in [4.69, 9.17) is 21.1 Å². The molecule has 0 amide bonds. The number of hydrogen-bond acceptors (Lipinski definition) is 3. The molecule has 0 fully saturated rings. The van der Waals surface area contributed by atoms with Crippen molar-refractivity contribution in [2.45, 2.75) is 129 Å². The van der Waals surface area contributed by atoms with Crippen molar-refractivity contribution in [3.05, 3.63) is 28.8 Å². The normalized spacial score (nSPS) is 11.0. The molecule has 3 nitrogen and oxygen atoms in total. The van der Waals surface area contributed by atoms with Crippen LogP contribution in [-0.4, -0.2) is 19.2 Å². The quantitative estimate of drug-likeness (QED) is 0.122. The molecule has 4 heteroatoms. The fourth-order valence-corrected chi connectivity index (χ4v) is 4.31. The van der Waals surface area contributed by atoms with Crippen molar-refractivity contribution in [1.29, 1.82) is 0 Å². The Morgan fingerprint density at radius 2 is 1.24 bits per heavy atom. The van der Waals surface area contributed by atoms with Crippen LogP contribution < -0.4 is 4.74 Å². The molecule has 0 aliphatic rings. The molecule has 1 rings (SSSR count). The van der Waals surface area contributed by atoms with Crippen molar-refractivity contribution in [3.8, 4) is 5.75 Å². The Hall–Kier alpha value is -1.22. The summed E-state index contributed by atoms with van der Waals surface area (Å²) in [7, 11) is 0. The molecular formula is C29H49ClO3. The van der Waals surface area contributed by atoms with Crippen LogP contribution in [0.4, 0.5) is 0 Å². The van der Waals surface area contributed by atoms with Gasteiger partial charge in [-0.3, -0.25) is 4.79 Å². The molecule has 33 heavy (non-hydrogen) atoms. The first kappa shape index (κ1) is 29.8. The van der Waals surface area contributed by atoms with Gasteiger partial charge < -0.3 is 9.47 Å². The van der Waals surface area contributed by atoms with Crippen molar-refractivity contribution in [3.63, 3.8) is 0 Å². The molecule has 0 aliphatic carbocycles. The van der Waals surface area contributed by atoms with Gasteiger partial charge in [0.25, 0.3) is 0 Å². The summed E-state index contributed by atoms with van der Waals surface area (Å²) in [6.45, 7) is 5.31. The third-order valence-electron chi connectivity index (χ3n) is 6.18. The highest BCUT2D eigenvalue weighted by Gasteiger charge is 2.05. The van der Waals surface area contributed by atoms with Gasteiger partial charge in [0.05, 0.1) is 13.2 Å². The van der Waals surface area contributed by atoms with Crippen molar-refractivity contribution in [2.75, 3.05) is 13.2 Å². The molecule has 0 aliphatic heterocycles. The van der Waals surface area contributed by atoms with Crippen LogP contribution in [0.5, 0.6) is 5.75 Å². The van der Waals surface area contributed by atoms with E-state index >= 15 is 0 Å². The van der Waals surface area contributed by atoms with E-state index in [1.807, 2.05) is 25.1 Å². The van der Waals surface area contributed by atoms with Gasteiger partial charge in [0, 0.05) is 11.4 Å². The van der Waals surface area contributed by atoms with Crippen molar-refractivity contribution >= 4 is 17.6 Å². The van der Waals surface area contributed by atoms with Crippen molar-refractivity contribution in [1.82, 2.24) is 0 Å². The lowest BCUT2D eigenvalue weighted by Crippen LogP contribution is -2.08. The van der Waals surface area contributed by atoms with Crippen LogP contribution in [0.15, 0.2) is 18.2 Å². The fraction of sp³-hybridized carbons (Fsp3) is 0.759. The molecular weight excluding hydrogens is 432 g/mol. The molecule has 0 spiro atoms. The first-order valence-corrected chi connectivity index (χ1v) is 14.1. The van der Waals surface area contributed by atoms with E-state index in [2.05, 4.69) is 6.92 Å². The maximum absolute atomic E-state index is 11.8. The second-order valence-electron chi connectivity index (χ2n) is 9.39. The van der Waals surface area contributed by atoms with Gasteiger partial charge in [-0.2, -0.15) is 0 Å². The van der Waals surface area contributed by atoms with Gasteiger partial charge in [0.2, 0.25) is 0 Å². The van der Waals surface area contributed by atoms with Crippen LogP contribution in [0.25, 0.3) is 0 Å². The van der Waals surface area contributed by atoms with Gasteiger partial charge in [0.1, 0.15) is 5.75 Å². The van der Waals surface area contributed by atoms with Gasteiger partial charge in [-0.1, -0.05) is 115 Å². The summed E-state index contributed by atoms with van der Waals surface area (Å²) < 4.78 is 11.1. The van der Waals surface area contributed by atoms with Gasteiger partial charge in [-0.25, -0.2) is 0 Å². The van der Waals surface area contributed by atoms with Crippen LogP contribution in [0, 0.1) is 6.92 Å². The predicted molar refractivity (Wildman–Crippen MR) is 141 cm³/mol. The SMILES string of the molecule is CCCCCCCCCCCCCCCCCCOC(=O)CCCOc1ccc(Cl)cc1C. The summed E-state index contributed by atoms with van der Waals surface area (Å²) in [4.78, 5) is 11.8. The number of benzene rings is 1. The van der Waals surface area contributed by atoms with Crippen molar-refractivity contribution in [2.24, 2.45) is 0 Å². The lowest BCUT2D eigenvalue weighted by molar-refractivity contribution is -0.144. The number of hydrogen-bond donors (Lipinski definition) is 0. The summed E-state index contributed by atoms with van der Waals surface area (Å²) in [6, 6.07) is 5.56. The van der Waals surface area contributed by atoms with Gasteiger partial charge in [-0.15, -0.1) is 0 Å². The first-order valence-electron chi connectivity index (χ1n) is 13.7. The van der Waals surface area contributed by atoms with E-state index in [0.29, 0.717) is 31.1 Å². The molecule has 0 N–H and O–H groups in total. The van der Waals surface area contributed by atoms with E-state index in [1.54, 1.807) is 0 Å². The highest BCUT2D eigenvalue weighted by Crippen LogP contribution is 2.22. The molecule has 1 aromatic carbocycles. The largest absolute Gasteiger partial charge is 0.493 e.